The van der Waals surface area contributed by atoms with Crippen LogP contribution in [0.5, 0.6) is 0 Å². The average Bonchev–Trinajstić information content (AvgIpc) is 2.15. The molecule has 13 heavy (non-hydrogen) atoms. The van der Waals surface area contributed by atoms with E-state index in [1.54, 1.807) is 17.8 Å². The van der Waals surface area contributed by atoms with Crippen LogP contribution < -0.4 is 5.73 Å². The molecule has 4 nitrogen and oxygen atoms in total. The van der Waals surface area contributed by atoms with Gasteiger partial charge in [-0.05, 0) is 0 Å². The minimum Gasteiger partial charge on any atom is -0.478 e. The van der Waals surface area contributed by atoms with Gasteiger partial charge in [-0.1, -0.05) is 6.08 Å². The van der Waals surface area contributed by atoms with Crippen LogP contribution in [0.15, 0.2) is 11.6 Å². The third-order valence-electron chi connectivity index (χ3n) is 2.49. The van der Waals surface area contributed by atoms with Crippen LogP contribution in [0.3, 0.4) is 0 Å². The van der Waals surface area contributed by atoms with Gasteiger partial charge < -0.3 is 10.8 Å². The Balaban J connectivity index is 2.27. The number of Topliss-reactive ketones (excluding diaryl/α,β-unsaturated/α-hetero) is 1. The predicted octanol–water partition coefficient (Wildman–Crippen LogP) is -0.361. The number of nitrogens with two attached hydrogens (primary N) is 1. The first kappa shape index (κ1) is 8.77. The summed E-state index contributed by atoms with van der Waals surface area (Å²) >= 11 is 1.56. The van der Waals surface area contributed by atoms with Crippen LogP contribution in [-0.2, 0) is 9.59 Å². The number of thioether (sulfide) groups is 1. The van der Waals surface area contributed by atoms with Gasteiger partial charge in [-0.15, -0.1) is 0 Å². The van der Waals surface area contributed by atoms with E-state index in [0.717, 1.165) is 0 Å². The number of carboxylic acids is 1. The summed E-state index contributed by atoms with van der Waals surface area (Å²) in [7, 11) is 0. The van der Waals surface area contributed by atoms with Gasteiger partial charge >= 0.3 is 5.97 Å². The van der Waals surface area contributed by atoms with Crippen molar-refractivity contribution < 1.29 is 14.7 Å². The summed E-state index contributed by atoms with van der Waals surface area (Å²) in [5.41, 5.74) is 5.78. The Hall–Kier alpha value is -0.810. The van der Waals surface area contributed by atoms with Crippen molar-refractivity contribution in [2.45, 2.75) is 11.3 Å². The van der Waals surface area contributed by atoms with Crippen LogP contribution in [0.2, 0.25) is 0 Å². The van der Waals surface area contributed by atoms with Crippen LogP contribution in [0.4, 0.5) is 0 Å². The third-order valence-corrected chi connectivity index (χ3v) is 3.80. The summed E-state index contributed by atoms with van der Waals surface area (Å²) in [6.07, 6.45) is 1.61. The molecule has 0 radical (unpaired) electrons. The van der Waals surface area contributed by atoms with E-state index in [0.29, 0.717) is 5.75 Å². The second-order valence-electron chi connectivity index (χ2n) is 3.17. The quantitative estimate of drug-likeness (QED) is 0.602. The number of carbonyl (C=O) groups is 2. The lowest BCUT2D eigenvalue weighted by Crippen LogP contribution is -2.61. The van der Waals surface area contributed by atoms with Crippen LogP contribution in [-0.4, -0.2) is 33.9 Å². The Labute approximate surface area is 79.2 Å². The molecule has 1 aliphatic heterocycles. The number of rotatable bonds is 1. The summed E-state index contributed by atoms with van der Waals surface area (Å²) in [4.78, 5) is 22.0. The number of hydrogen-bond acceptors (Lipinski definition) is 4. The van der Waals surface area contributed by atoms with Crippen molar-refractivity contribution in [2.75, 3.05) is 5.75 Å². The molecule has 1 saturated carbocycles. The van der Waals surface area contributed by atoms with Crippen molar-refractivity contribution in [3.63, 3.8) is 0 Å². The highest BCUT2D eigenvalue weighted by atomic mass is 32.2. The zero-order valence-electron chi connectivity index (χ0n) is 6.77. The number of ketones is 1. The summed E-state index contributed by atoms with van der Waals surface area (Å²) in [6.45, 7) is 0. The summed E-state index contributed by atoms with van der Waals surface area (Å²) < 4.78 is 0. The molecule has 3 N–H and O–H groups in total. The molecule has 1 heterocycles. The summed E-state index contributed by atoms with van der Waals surface area (Å²) in [5.74, 6) is -0.934. The van der Waals surface area contributed by atoms with E-state index in [1.807, 2.05) is 0 Å². The highest BCUT2D eigenvalue weighted by Crippen LogP contribution is 2.41. The van der Waals surface area contributed by atoms with Crippen LogP contribution in [0.1, 0.15) is 0 Å². The van der Waals surface area contributed by atoms with Crippen molar-refractivity contribution >= 4 is 23.5 Å². The van der Waals surface area contributed by atoms with Crippen molar-refractivity contribution in [1.29, 1.82) is 0 Å². The monoisotopic (exact) mass is 199 g/mol. The first-order valence-corrected chi connectivity index (χ1v) is 5.02. The Morgan fingerprint density at radius 2 is 2.38 bits per heavy atom. The molecule has 2 aliphatic rings. The smallest absolute Gasteiger partial charge is 0.332 e. The lowest BCUT2D eigenvalue weighted by atomic mass is 9.73. The van der Waals surface area contributed by atoms with Gasteiger partial charge in [0, 0.05) is 16.6 Å². The minimum atomic E-state index is -0.990. The van der Waals surface area contributed by atoms with Crippen molar-refractivity contribution in [1.82, 2.24) is 0 Å². The normalized spacial score (nSPS) is 37.5. The Morgan fingerprint density at radius 1 is 1.69 bits per heavy atom. The maximum absolute atomic E-state index is 11.3. The molecule has 0 amide bonds. The summed E-state index contributed by atoms with van der Waals surface area (Å²) in [6, 6.07) is -0.460. The van der Waals surface area contributed by atoms with E-state index in [1.165, 1.54) is 0 Å². The SMILES string of the molecule is N[C@@H]1C(=O)[C@@H]2C(C(=O)O)=CCS[C@H]21. The van der Waals surface area contributed by atoms with Crippen LogP contribution >= 0.6 is 11.8 Å². The maximum Gasteiger partial charge on any atom is 0.332 e. The molecule has 5 heteroatoms. The molecule has 2 rings (SSSR count). The molecule has 0 spiro atoms. The van der Waals surface area contributed by atoms with E-state index in [-0.39, 0.29) is 16.6 Å². The Kier molecular flexibility index (Phi) is 1.92. The summed E-state index contributed by atoms with van der Waals surface area (Å²) in [5, 5.41) is 8.78. The number of aliphatic carboxylic acids is 1. The molecule has 0 aromatic heterocycles. The third kappa shape index (κ3) is 1.11. The fraction of sp³-hybridized carbons (Fsp3) is 0.500. The molecule has 0 bridgehead atoms. The van der Waals surface area contributed by atoms with Crippen LogP contribution in [0, 0.1) is 5.92 Å². The van der Waals surface area contributed by atoms with E-state index < -0.39 is 17.9 Å². The predicted molar refractivity (Wildman–Crippen MR) is 48.4 cm³/mol. The highest BCUT2D eigenvalue weighted by molar-refractivity contribution is 8.00. The van der Waals surface area contributed by atoms with Crippen molar-refractivity contribution in [3.8, 4) is 0 Å². The van der Waals surface area contributed by atoms with E-state index in [2.05, 4.69) is 0 Å². The molecule has 0 saturated heterocycles. The molecule has 3 atom stereocenters. The number of carboxylic acid groups (broad SMARTS) is 1. The maximum atomic E-state index is 11.3. The molecule has 0 aromatic carbocycles. The van der Waals surface area contributed by atoms with Gasteiger partial charge in [-0.25, -0.2) is 4.79 Å². The van der Waals surface area contributed by atoms with Gasteiger partial charge in [0.2, 0.25) is 0 Å². The second kappa shape index (κ2) is 2.85. The Bertz CT molecular complexity index is 313. The minimum absolute atomic E-state index is 0.0106. The Morgan fingerprint density at radius 3 is 3.00 bits per heavy atom. The van der Waals surface area contributed by atoms with Gasteiger partial charge in [0.1, 0.15) is 0 Å². The van der Waals surface area contributed by atoms with Gasteiger partial charge in [0.15, 0.2) is 5.78 Å². The molecule has 1 aliphatic carbocycles. The second-order valence-corrected chi connectivity index (χ2v) is 4.38. The van der Waals surface area contributed by atoms with E-state index in [4.69, 9.17) is 10.8 Å². The van der Waals surface area contributed by atoms with Crippen LogP contribution in [0.25, 0.3) is 0 Å². The molecular weight excluding hydrogens is 190 g/mol. The zero-order chi connectivity index (χ0) is 9.59. The fourth-order valence-corrected chi connectivity index (χ4v) is 3.06. The first-order chi connectivity index (χ1) is 6.13. The topological polar surface area (TPSA) is 80.4 Å². The number of fused-ring (bicyclic) bond motifs is 1. The molecule has 0 aromatic rings. The standard InChI is InChI=1S/C8H9NO3S/c9-5-6(10)4-3(8(11)12)1-2-13-7(4)5/h1,4-5,7H,2,9H2,(H,11,12)/t4-,5+,7+/m0/s1. The first-order valence-electron chi connectivity index (χ1n) is 3.97. The van der Waals surface area contributed by atoms with Gasteiger partial charge in [-0.2, -0.15) is 11.8 Å². The van der Waals surface area contributed by atoms with Gasteiger partial charge in [0.25, 0.3) is 0 Å². The average molecular weight is 199 g/mol. The largest absolute Gasteiger partial charge is 0.478 e. The molecule has 1 fully saturated rings. The number of hydrogen-bond donors (Lipinski definition) is 2. The van der Waals surface area contributed by atoms with Gasteiger partial charge in [0.05, 0.1) is 12.0 Å². The van der Waals surface area contributed by atoms with Crippen molar-refractivity contribution in [3.05, 3.63) is 11.6 Å². The van der Waals surface area contributed by atoms with E-state index >= 15 is 0 Å². The molecule has 0 unspecified atom stereocenters. The number of carbonyl (C=O) groups excluding carboxylic acids is 1. The zero-order valence-corrected chi connectivity index (χ0v) is 7.58. The molecule has 70 valence electrons. The van der Waals surface area contributed by atoms with Gasteiger partial charge in [-0.3, -0.25) is 4.79 Å². The van der Waals surface area contributed by atoms with Crippen molar-refractivity contribution in [2.24, 2.45) is 11.7 Å². The van der Waals surface area contributed by atoms with E-state index in [9.17, 15) is 9.59 Å². The lowest BCUT2D eigenvalue weighted by Gasteiger charge is -2.42. The highest BCUT2D eigenvalue weighted by Gasteiger charge is 2.52. The molecular formula is C8H9NO3S. The lowest BCUT2D eigenvalue weighted by molar-refractivity contribution is -0.137. The fourth-order valence-electron chi connectivity index (χ4n) is 1.75.